The van der Waals surface area contributed by atoms with Crippen molar-refractivity contribution in [3.63, 3.8) is 0 Å². The summed E-state index contributed by atoms with van der Waals surface area (Å²) >= 11 is 1.44. The first kappa shape index (κ1) is 13.1. The zero-order chi connectivity index (χ0) is 13.0. The van der Waals surface area contributed by atoms with Crippen LogP contribution < -0.4 is 0 Å². The van der Waals surface area contributed by atoms with Crippen molar-refractivity contribution in [3.05, 3.63) is 22.4 Å². The number of carbonyl (C=O) groups is 2. The molecule has 18 heavy (non-hydrogen) atoms. The summed E-state index contributed by atoms with van der Waals surface area (Å²) in [6.45, 7) is 3.41. The van der Waals surface area contributed by atoms with Crippen LogP contribution in [0.4, 0.5) is 0 Å². The molecule has 1 aromatic heterocycles. The van der Waals surface area contributed by atoms with Crippen molar-refractivity contribution >= 4 is 23.2 Å². The Balaban J connectivity index is 1.98. The van der Waals surface area contributed by atoms with Crippen LogP contribution >= 0.6 is 11.3 Å². The molecule has 0 N–H and O–H groups in total. The molecule has 2 heterocycles. The molecule has 4 nitrogen and oxygen atoms in total. The monoisotopic (exact) mass is 267 g/mol. The molecule has 0 aromatic carbocycles. The zero-order valence-corrected chi connectivity index (χ0v) is 11.2. The molecule has 1 fully saturated rings. The average Bonchev–Trinajstić information content (AvgIpc) is 2.92. The molecule has 0 bridgehead atoms. The van der Waals surface area contributed by atoms with E-state index in [0.29, 0.717) is 13.2 Å². The Morgan fingerprint density at radius 3 is 3.06 bits per heavy atom. The van der Waals surface area contributed by atoms with E-state index in [1.54, 1.807) is 11.8 Å². The Morgan fingerprint density at radius 2 is 2.39 bits per heavy atom. The van der Waals surface area contributed by atoms with Crippen molar-refractivity contribution in [2.45, 2.75) is 19.8 Å². The number of piperidine rings is 1. The average molecular weight is 267 g/mol. The maximum absolute atomic E-state index is 12.2. The molecule has 1 atom stereocenters. The van der Waals surface area contributed by atoms with E-state index < -0.39 is 0 Å². The van der Waals surface area contributed by atoms with Crippen LogP contribution in [0, 0.1) is 5.92 Å². The Kier molecular flexibility index (Phi) is 4.36. The fourth-order valence-electron chi connectivity index (χ4n) is 2.17. The van der Waals surface area contributed by atoms with Crippen molar-refractivity contribution in [2.75, 3.05) is 19.7 Å². The fourth-order valence-corrected chi connectivity index (χ4v) is 2.86. The molecule has 1 aliphatic heterocycles. The standard InChI is InChI=1S/C13H17NO3S/c1-2-17-13(16)10-5-3-7-14(9-10)12(15)11-6-4-8-18-11/h4,6,8,10H,2-3,5,7,9H2,1H3. The minimum atomic E-state index is -0.179. The van der Waals surface area contributed by atoms with Gasteiger partial charge < -0.3 is 9.64 Å². The molecule has 1 unspecified atom stereocenters. The first-order chi connectivity index (χ1) is 8.72. The van der Waals surface area contributed by atoms with E-state index in [-0.39, 0.29) is 17.8 Å². The third-order valence-electron chi connectivity index (χ3n) is 3.06. The SMILES string of the molecule is CCOC(=O)C1CCCN(C(=O)c2cccs2)C1. The van der Waals surface area contributed by atoms with E-state index in [1.165, 1.54) is 11.3 Å². The summed E-state index contributed by atoms with van der Waals surface area (Å²) in [7, 11) is 0. The summed E-state index contributed by atoms with van der Waals surface area (Å²) in [6, 6.07) is 3.69. The first-order valence-corrected chi connectivity index (χ1v) is 7.09. The predicted octanol–water partition coefficient (Wildman–Crippen LogP) is 2.16. The number of rotatable bonds is 3. The molecular formula is C13H17NO3S. The lowest BCUT2D eigenvalue weighted by Gasteiger charge is -2.31. The highest BCUT2D eigenvalue weighted by Gasteiger charge is 2.29. The molecule has 0 radical (unpaired) electrons. The van der Waals surface area contributed by atoms with Gasteiger partial charge in [-0.25, -0.2) is 0 Å². The number of likely N-dealkylation sites (tertiary alicyclic amines) is 1. The number of nitrogens with zero attached hydrogens (tertiary/aromatic N) is 1. The van der Waals surface area contributed by atoms with Gasteiger partial charge in [-0.1, -0.05) is 6.07 Å². The lowest BCUT2D eigenvalue weighted by atomic mass is 9.98. The van der Waals surface area contributed by atoms with E-state index in [2.05, 4.69) is 0 Å². The van der Waals surface area contributed by atoms with Gasteiger partial charge in [0.2, 0.25) is 0 Å². The number of carbonyl (C=O) groups excluding carboxylic acids is 2. The summed E-state index contributed by atoms with van der Waals surface area (Å²) in [6.07, 6.45) is 1.67. The highest BCUT2D eigenvalue weighted by atomic mass is 32.1. The third-order valence-corrected chi connectivity index (χ3v) is 3.92. The van der Waals surface area contributed by atoms with Gasteiger partial charge in [-0.2, -0.15) is 0 Å². The van der Waals surface area contributed by atoms with Gasteiger partial charge in [-0.3, -0.25) is 9.59 Å². The molecule has 1 saturated heterocycles. The van der Waals surface area contributed by atoms with E-state index in [1.807, 2.05) is 17.5 Å². The second kappa shape index (κ2) is 6.00. The molecule has 0 aliphatic carbocycles. The van der Waals surface area contributed by atoms with Crippen LogP contribution in [0.2, 0.25) is 0 Å². The molecule has 5 heteroatoms. The van der Waals surface area contributed by atoms with Crippen LogP contribution in [-0.4, -0.2) is 36.5 Å². The van der Waals surface area contributed by atoms with Crippen molar-refractivity contribution in [2.24, 2.45) is 5.92 Å². The molecule has 98 valence electrons. The van der Waals surface area contributed by atoms with Gasteiger partial charge in [0.15, 0.2) is 0 Å². The second-order valence-corrected chi connectivity index (χ2v) is 5.27. The molecule has 0 saturated carbocycles. The highest BCUT2D eigenvalue weighted by molar-refractivity contribution is 7.12. The zero-order valence-electron chi connectivity index (χ0n) is 10.4. The van der Waals surface area contributed by atoms with Gasteiger partial charge in [0.05, 0.1) is 17.4 Å². The van der Waals surface area contributed by atoms with Gasteiger partial charge in [-0.15, -0.1) is 11.3 Å². The van der Waals surface area contributed by atoms with Crippen LogP contribution in [0.3, 0.4) is 0 Å². The molecule has 0 spiro atoms. The van der Waals surface area contributed by atoms with E-state index in [4.69, 9.17) is 4.74 Å². The number of esters is 1. The van der Waals surface area contributed by atoms with Gasteiger partial charge >= 0.3 is 5.97 Å². The second-order valence-electron chi connectivity index (χ2n) is 4.32. The number of hydrogen-bond acceptors (Lipinski definition) is 4. The van der Waals surface area contributed by atoms with Crippen molar-refractivity contribution in [3.8, 4) is 0 Å². The number of thiophene rings is 1. The maximum Gasteiger partial charge on any atom is 0.310 e. The van der Waals surface area contributed by atoms with Gasteiger partial charge in [0.25, 0.3) is 5.91 Å². The van der Waals surface area contributed by atoms with E-state index >= 15 is 0 Å². The summed E-state index contributed by atoms with van der Waals surface area (Å²) < 4.78 is 5.03. The van der Waals surface area contributed by atoms with E-state index in [0.717, 1.165) is 24.3 Å². The normalized spacial score (nSPS) is 19.6. The minimum Gasteiger partial charge on any atom is -0.466 e. The number of ether oxygens (including phenoxy) is 1. The lowest BCUT2D eigenvalue weighted by Crippen LogP contribution is -2.42. The molecule has 1 aromatic rings. The minimum absolute atomic E-state index is 0.0269. The first-order valence-electron chi connectivity index (χ1n) is 6.21. The van der Waals surface area contributed by atoms with E-state index in [9.17, 15) is 9.59 Å². The van der Waals surface area contributed by atoms with Gasteiger partial charge in [0.1, 0.15) is 0 Å². The fraction of sp³-hybridized carbons (Fsp3) is 0.538. The lowest BCUT2D eigenvalue weighted by molar-refractivity contribution is -0.149. The van der Waals surface area contributed by atoms with Crippen LogP contribution in [-0.2, 0) is 9.53 Å². The summed E-state index contributed by atoms with van der Waals surface area (Å²) in [5.74, 6) is -0.317. The van der Waals surface area contributed by atoms with Crippen molar-refractivity contribution in [1.82, 2.24) is 4.90 Å². The summed E-state index contributed by atoms with van der Waals surface area (Å²) in [4.78, 5) is 26.4. The van der Waals surface area contributed by atoms with Crippen LogP contribution in [0.5, 0.6) is 0 Å². The Labute approximate surface area is 111 Å². The van der Waals surface area contributed by atoms with Crippen LogP contribution in [0.25, 0.3) is 0 Å². The molecule has 1 amide bonds. The van der Waals surface area contributed by atoms with Gasteiger partial charge in [-0.05, 0) is 31.2 Å². The quantitative estimate of drug-likeness (QED) is 0.788. The maximum atomic E-state index is 12.2. The topological polar surface area (TPSA) is 46.6 Å². The summed E-state index contributed by atoms with van der Waals surface area (Å²) in [5, 5.41) is 1.89. The third kappa shape index (κ3) is 2.90. The molecular weight excluding hydrogens is 250 g/mol. The predicted molar refractivity (Wildman–Crippen MR) is 69.6 cm³/mol. The largest absolute Gasteiger partial charge is 0.466 e. The van der Waals surface area contributed by atoms with Crippen molar-refractivity contribution in [1.29, 1.82) is 0 Å². The Bertz CT molecular complexity index is 416. The summed E-state index contributed by atoms with van der Waals surface area (Å²) in [5.41, 5.74) is 0. The van der Waals surface area contributed by atoms with Crippen LogP contribution in [0.1, 0.15) is 29.4 Å². The molecule has 1 aliphatic rings. The Hall–Kier alpha value is -1.36. The van der Waals surface area contributed by atoms with Crippen molar-refractivity contribution < 1.29 is 14.3 Å². The Morgan fingerprint density at radius 1 is 1.56 bits per heavy atom. The molecule has 2 rings (SSSR count). The number of amides is 1. The van der Waals surface area contributed by atoms with Gasteiger partial charge in [0, 0.05) is 13.1 Å². The highest BCUT2D eigenvalue weighted by Crippen LogP contribution is 2.21. The number of hydrogen-bond donors (Lipinski definition) is 0. The smallest absolute Gasteiger partial charge is 0.310 e. The van der Waals surface area contributed by atoms with Crippen LogP contribution in [0.15, 0.2) is 17.5 Å².